The number of aliphatic hydroxyl groups is 1. The molecule has 1 amide bonds. The van der Waals surface area contributed by atoms with Crippen molar-refractivity contribution in [3.05, 3.63) is 35.9 Å². The fourth-order valence-corrected chi connectivity index (χ4v) is 3.60. The zero-order valence-electron chi connectivity index (χ0n) is 14.2. The second-order valence-corrected chi connectivity index (χ2v) is 7.22. The zero-order valence-corrected chi connectivity index (χ0v) is 14.2. The van der Waals surface area contributed by atoms with Gasteiger partial charge in [-0.2, -0.15) is 13.2 Å². The van der Waals surface area contributed by atoms with Gasteiger partial charge in [-0.3, -0.25) is 4.79 Å². The van der Waals surface area contributed by atoms with Crippen LogP contribution in [-0.2, 0) is 0 Å². The summed E-state index contributed by atoms with van der Waals surface area (Å²) in [7, 11) is 0. The van der Waals surface area contributed by atoms with E-state index in [4.69, 9.17) is 0 Å². The van der Waals surface area contributed by atoms with Crippen LogP contribution in [-0.4, -0.2) is 50.2 Å². The normalized spacial score (nSPS) is 24.7. The van der Waals surface area contributed by atoms with Crippen LogP contribution in [0.4, 0.5) is 13.2 Å². The van der Waals surface area contributed by atoms with E-state index in [2.05, 4.69) is 4.98 Å². The lowest BCUT2D eigenvalue weighted by atomic mass is 9.94. The second kappa shape index (κ2) is 5.97. The number of halogens is 3. The van der Waals surface area contributed by atoms with Crippen molar-refractivity contribution in [1.82, 2.24) is 14.3 Å². The van der Waals surface area contributed by atoms with E-state index < -0.39 is 24.6 Å². The monoisotopic (exact) mass is 367 g/mol. The fraction of sp³-hybridized carbons (Fsp3) is 0.556. The van der Waals surface area contributed by atoms with E-state index in [0.29, 0.717) is 11.4 Å². The number of amides is 1. The van der Waals surface area contributed by atoms with E-state index in [9.17, 15) is 23.1 Å². The molecule has 3 heterocycles. The number of aromatic nitrogens is 2. The molecule has 2 aliphatic rings. The predicted octanol–water partition coefficient (Wildman–Crippen LogP) is 3.13. The maximum Gasteiger partial charge on any atom is 0.417 e. The van der Waals surface area contributed by atoms with Gasteiger partial charge >= 0.3 is 6.18 Å². The van der Waals surface area contributed by atoms with E-state index in [0.717, 1.165) is 18.7 Å². The van der Waals surface area contributed by atoms with Gasteiger partial charge in [0.15, 0.2) is 11.3 Å². The first-order valence-electron chi connectivity index (χ1n) is 8.85. The molecular formula is C18H20F3N3O2. The van der Waals surface area contributed by atoms with Gasteiger partial charge < -0.3 is 14.4 Å². The van der Waals surface area contributed by atoms with Crippen molar-refractivity contribution in [3.8, 4) is 0 Å². The molecule has 1 atom stereocenters. The fourth-order valence-electron chi connectivity index (χ4n) is 3.60. The summed E-state index contributed by atoms with van der Waals surface area (Å²) in [5, 5.41) is 9.93. The molecule has 1 aliphatic carbocycles. The highest BCUT2D eigenvalue weighted by Crippen LogP contribution is 2.41. The van der Waals surface area contributed by atoms with Crippen LogP contribution < -0.4 is 0 Å². The van der Waals surface area contributed by atoms with Gasteiger partial charge in [-0.25, -0.2) is 4.98 Å². The number of carbonyl (C=O) groups is 1. The first-order chi connectivity index (χ1) is 12.3. The molecule has 0 spiro atoms. The Morgan fingerprint density at radius 2 is 2.00 bits per heavy atom. The zero-order chi connectivity index (χ0) is 18.5. The number of imidazole rings is 1. The summed E-state index contributed by atoms with van der Waals surface area (Å²) in [6, 6.07) is 5.48. The Bertz CT molecular complexity index is 844. The number of hydrogen-bond acceptors (Lipinski definition) is 3. The molecule has 0 aromatic carbocycles. The highest BCUT2D eigenvalue weighted by molar-refractivity contribution is 5.99. The third-order valence-corrected chi connectivity index (χ3v) is 5.35. The van der Waals surface area contributed by atoms with Crippen LogP contribution in [0.15, 0.2) is 24.4 Å². The summed E-state index contributed by atoms with van der Waals surface area (Å²) in [4.78, 5) is 18.9. The van der Waals surface area contributed by atoms with Crippen LogP contribution in [0.1, 0.15) is 54.3 Å². The quantitative estimate of drug-likeness (QED) is 0.887. The summed E-state index contributed by atoms with van der Waals surface area (Å²) >= 11 is 0. The Labute approximate surface area is 148 Å². The Balaban J connectivity index is 1.61. The molecule has 0 bridgehead atoms. The first-order valence-corrected chi connectivity index (χ1v) is 8.85. The molecule has 1 saturated carbocycles. The third kappa shape index (κ3) is 2.86. The summed E-state index contributed by atoms with van der Waals surface area (Å²) in [5.74, 6) is 0.809. The predicted molar refractivity (Wildman–Crippen MR) is 87.9 cm³/mol. The molecular weight excluding hydrogens is 347 g/mol. The molecule has 2 aromatic rings. The minimum atomic E-state index is -4.69. The van der Waals surface area contributed by atoms with Gasteiger partial charge in [0.05, 0.1) is 5.52 Å². The molecule has 2 aromatic heterocycles. The van der Waals surface area contributed by atoms with E-state index in [1.54, 1.807) is 6.07 Å². The largest absolute Gasteiger partial charge is 0.417 e. The lowest BCUT2D eigenvalue weighted by Crippen LogP contribution is -2.46. The van der Waals surface area contributed by atoms with E-state index in [-0.39, 0.29) is 31.1 Å². The van der Waals surface area contributed by atoms with Crippen molar-refractivity contribution in [2.75, 3.05) is 13.1 Å². The number of nitrogens with zero attached hydrogens (tertiary/aromatic N) is 3. The van der Waals surface area contributed by atoms with Gasteiger partial charge in [-0.05, 0) is 37.8 Å². The molecule has 140 valence electrons. The van der Waals surface area contributed by atoms with Crippen LogP contribution >= 0.6 is 0 Å². The van der Waals surface area contributed by atoms with Crippen molar-refractivity contribution in [1.29, 1.82) is 0 Å². The number of pyridine rings is 1. The van der Waals surface area contributed by atoms with Crippen LogP contribution in [0.2, 0.25) is 0 Å². The van der Waals surface area contributed by atoms with Gasteiger partial charge in [-0.1, -0.05) is 6.07 Å². The molecule has 8 heteroatoms. The van der Waals surface area contributed by atoms with E-state index in [1.807, 2.05) is 22.7 Å². The average Bonchev–Trinajstić information content (AvgIpc) is 3.39. The molecule has 1 saturated heterocycles. The molecule has 1 unspecified atom stereocenters. The summed E-state index contributed by atoms with van der Waals surface area (Å²) in [6.07, 6.45) is -1.57. The Morgan fingerprint density at radius 1 is 1.23 bits per heavy atom. The van der Waals surface area contributed by atoms with Crippen LogP contribution in [0.25, 0.3) is 5.52 Å². The van der Waals surface area contributed by atoms with Crippen LogP contribution in [0.5, 0.6) is 0 Å². The molecule has 1 aliphatic heterocycles. The number of rotatable bonds is 2. The van der Waals surface area contributed by atoms with Crippen molar-refractivity contribution in [2.24, 2.45) is 0 Å². The number of fused-ring (bicyclic) bond motifs is 1. The van der Waals surface area contributed by atoms with Gasteiger partial charge in [0.1, 0.15) is 5.82 Å². The van der Waals surface area contributed by atoms with Crippen LogP contribution in [0, 0.1) is 0 Å². The van der Waals surface area contributed by atoms with Crippen LogP contribution in [0.3, 0.4) is 0 Å². The minimum absolute atomic E-state index is 0.100. The Morgan fingerprint density at radius 3 is 2.69 bits per heavy atom. The minimum Gasteiger partial charge on any atom is -0.380 e. The van der Waals surface area contributed by atoms with Crippen molar-refractivity contribution in [3.63, 3.8) is 0 Å². The topological polar surface area (TPSA) is 57.8 Å². The van der Waals surface area contributed by atoms with Gasteiger partial charge in [0.2, 0.25) is 0 Å². The number of carbonyl (C=O) groups excluding carboxylic acids is 1. The lowest BCUT2D eigenvalue weighted by Gasteiger charge is -2.29. The van der Waals surface area contributed by atoms with Gasteiger partial charge in [0.25, 0.3) is 5.91 Å². The smallest absolute Gasteiger partial charge is 0.380 e. The molecule has 2 fully saturated rings. The molecule has 4 rings (SSSR count). The highest BCUT2D eigenvalue weighted by Gasteiger charge is 2.53. The molecule has 5 nitrogen and oxygen atoms in total. The number of alkyl halides is 3. The Kier molecular flexibility index (Phi) is 3.98. The highest BCUT2D eigenvalue weighted by atomic mass is 19.4. The Hall–Kier alpha value is -2.09. The lowest BCUT2D eigenvalue weighted by molar-refractivity contribution is -0.263. The van der Waals surface area contributed by atoms with Crippen molar-refractivity contribution < 1.29 is 23.1 Å². The second-order valence-electron chi connectivity index (χ2n) is 7.22. The van der Waals surface area contributed by atoms with E-state index >= 15 is 0 Å². The molecule has 1 N–H and O–H groups in total. The maximum absolute atomic E-state index is 13.1. The summed E-state index contributed by atoms with van der Waals surface area (Å²) in [6.45, 7) is 0.0430. The molecule has 26 heavy (non-hydrogen) atoms. The molecule has 0 radical (unpaired) electrons. The van der Waals surface area contributed by atoms with Crippen molar-refractivity contribution >= 4 is 11.4 Å². The maximum atomic E-state index is 13.1. The van der Waals surface area contributed by atoms with Gasteiger partial charge in [0, 0.05) is 31.6 Å². The number of hydrogen-bond donors (Lipinski definition) is 1. The average molecular weight is 367 g/mol. The first kappa shape index (κ1) is 17.3. The SMILES string of the molecule is O=C(c1nc(C2CC2)n2ccccc12)N1CCCC(O)(C(F)(F)F)CC1. The van der Waals surface area contributed by atoms with Gasteiger partial charge in [-0.15, -0.1) is 0 Å². The summed E-state index contributed by atoms with van der Waals surface area (Å²) in [5.41, 5.74) is -1.77. The van der Waals surface area contributed by atoms with Crippen molar-refractivity contribution in [2.45, 2.75) is 49.8 Å². The van der Waals surface area contributed by atoms with E-state index in [1.165, 1.54) is 4.90 Å². The standard InChI is InChI=1S/C18H20F3N3O2/c19-18(20,21)17(26)7-3-9-23(11-8-17)16(25)14-13-4-1-2-10-24(13)15(22-14)12-5-6-12/h1-2,4,10,12,26H,3,5-9,11H2. The number of likely N-dealkylation sites (tertiary alicyclic amines) is 1. The summed E-state index contributed by atoms with van der Waals surface area (Å²) < 4.78 is 41.2. The third-order valence-electron chi connectivity index (χ3n) is 5.35.